The second-order valence-corrected chi connectivity index (χ2v) is 7.68. The van der Waals surface area contributed by atoms with Crippen molar-refractivity contribution in [1.82, 2.24) is 0 Å². The third kappa shape index (κ3) is 11.9. The van der Waals surface area contributed by atoms with Gasteiger partial charge in [-0.05, 0) is 70.6 Å². The maximum atomic E-state index is 12.4. The fraction of sp³-hybridized carbons (Fsp3) is 0.760. The van der Waals surface area contributed by atoms with Crippen LogP contribution in [0.3, 0.4) is 0 Å². The average Bonchev–Trinajstić information content (AvgIpc) is 2.69. The molecule has 0 aliphatic rings. The molecule has 168 valence electrons. The van der Waals surface area contributed by atoms with E-state index >= 15 is 0 Å². The summed E-state index contributed by atoms with van der Waals surface area (Å²) in [7, 11) is 0. The molecule has 0 spiro atoms. The Balaban J connectivity index is 5.62. The summed E-state index contributed by atoms with van der Waals surface area (Å²) in [6.45, 7) is 13.0. The van der Waals surface area contributed by atoms with Gasteiger partial charge in [-0.2, -0.15) is 0 Å². The highest BCUT2D eigenvalue weighted by atomic mass is 16.5. The zero-order valence-corrected chi connectivity index (χ0v) is 19.8. The first-order valence-electron chi connectivity index (χ1n) is 11.6. The van der Waals surface area contributed by atoms with E-state index in [0.717, 1.165) is 51.4 Å². The van der Waals surface area contributed by atoms with Crippen LogP contribution >= 0.6 is 0 Å². The van der Waals surface area contributed by atoms with Gasteiger partial charge in [0, 0.05) is 0 Å². The fourth-order valence-corrected chi connectivity index (χ4v) is 3.82. The summed E-state index contributed by atoms with van der Waals surface area (Å²) in [5.74, 6) is -0.440. The minimum absolute atomic E-state index is 0.220. The lowest BCUT2D eigenvalue weighted by Crippen LogP contribution is -2.29. The van der Waals surface area contributed by atoms with Crippen molar-refractivity contribution >= 4 is 11.9 Å². The Morgan fingerprint density at radius 3 is 1.28 bits per heavy atom. The first-order chi connectivity index (χ1) is 13.9. The lowest BCUT2D eigenvalue weighted by Gasteiger charge is -2.32. The monoisotopic (exact) mass is 408 g/mol. The molecular formula is C25H44O4. The third-order valence-electron chi connectivity index (χ3n) is 5.68. The smallest absolute Gasteiger partial charge is 0.306 e. The average molecular weight is 409 g/mol. The molecule has 0 atom stereocenters. The minimum atomic E-state index is -0.426. The molecule has 0 unspecified atom stereocenters. The lowest BCUT2D eigenvalue weighted by molar-refractivity contribution is -0.150. The van der Waals surface area contributed by atoms with Crippen molar-refractivity contribution in [3.8, 4) is 0 Å². The number of hydrogen-bond acceptors (Lipinski definition) is 4. The number of carbonyl (C=O) groups is 2. The number of ether oxygens (including phenoxy) is 2. The molecule has 0 amide bonds. The summed E-state index contributed by atoms with van der Waals surface area (Å²) in [5, 5.41) is 0. The van der Waals surface area contributed by atoms with E-state index in [1.807, 2.05) is 13.8 Å². The standard InChI is InChI=1S/C25H44O4/c1-7-21(8-2)15-13-17-25(19-23(26)28-11-5,20-24(27)29-12-6)18-14-16-22(9-3)10-4/h15-16H,7-14,17-20H2,1-6H3. The van der Waals surface area contributed by atoms with Gasteiger partial charge < -0.3 is 9.47 Å². The van der Waals surface area contributed by atoms with Crippen LogP contribution in [0.1, 0.15) is 106 Å². The van der Waals surface area contributed by atoms with Gasteiger partial charge in [-0.3, -0.25) is 9.59 Å². The van der Waals surface area contributed by atoms with Crippen LogP contribution in [-0.4, -0.2) is 25.2 Å². The van der Waals surface area contributed by atoms with Gasteiger partial charge in [-0.25, -0.2) is 0 Å². The van der Waals surface area contributed by atoms with Crippen molar-refractivity contribution in [3.63, 3.8) is 0 Å². The van der Waals surface area contributed by atoms with Crippen LogP contribution in [0.15, 0.2) is 23.3 Å². The van der Waals surface area contributed by atoms with Crippen molar-refractivity contribution in [1.29, 1.82) is 0 Å². The molecule has 0 aromatic carbocycles. The second kappa shape index (κ2) is 16.2. The van der Waals surface area contributed by atoms with Crippen molar-refractivity contribution < 1.29 is 19.1 Å². The highest BCUT2D eigenvalue weighted by Crippen LogP contribution is 2.39. The first kappa shape index (κ1) is 27.4. The van der Waals surface area contributed by atoms with Crippen LogP contribution in [0, 0.1) is 5.41 Å². The Kier molecular flexibility index (Phi) is 15.4. The second-order valence-electron chi connectivity index (χ2n) is 7.68. The maximum Gasteiger partial charge on any atom is 0.306 e. The van der Waals surface area contributed by atoms with E-state index in [1.54, 1.807) is 0 Å². The van der Waals surface area contributed by atoms with Crippen LogP contribution < -0.4 is 0 Å². The Bertz CT molecular complexity index is 471. The maximum absolute atomic E-state index is 12.4. The van der Waals surface area contributed by atoms with Gasteiger partial charge in [-0.15, -0.1) is 0 Å². The molecule has 4 nitrogen and oxygen atoms in total. The van der Waals surface area contributed by atoms with E-state index in [4.69, 9.17) is 9.47 Å². The SMILES string of the molecule is CCOC(=O)CC(CCC=C(CC)CC)(CCC=C(CC)CC)CC(=O)OCC. The van der Waals surface area contributed by atoms with Crippen LogP contribution in [0.4, 0.5) is 0 Å². The third-order valence-corrected chi connectivity index (χ3v) is 5.68. The van der Waals surface area contributed by atoms with Gasteiger partial charge >= 0.3 is 11.9 Å². The molecule has 0 N–H and O–H groups in total. The van der Waals surface area contributed by atoms with E-state index in [-0.39, 0.29) is 24.8 Å². The van der Waals surface area contributed by atoms with Crippen LogP contribution in [-0.2, 0) is 19.1 Å². The molecule has 0 bridgehead atoms. The predicted molar refractivity (Wildman–Crippen MR) is 121 cm³/mol. The van der Waals surface area contributed by atoms with Crippen molar-refractivity contribution in [2.75, 3.05) is 13.2 Å². The Morgan fingerprint density at radius 1 is 0.655 bits per heavy atom. The topological polar surface area (TPSA) is 52.6 Å². The number of allylic oxidation sites excluding steroid dienone is 4. The zero-order chi connectivity index (χ0) is 22.1. The number of rotatable bonds is 16. The van der Waals surface area contributed by atoms with Crippen LogP contribution in [0.2, 0.25) is 0 Å². The summed E-state index contributed by atoms with van der Waals surface area (Å²) in [5.41, 5.74) is 2.42. The molecule has 29 heavy (non-hydrogen) atoms. The minimum Gasteiger partial charge on any atom is -0.466 e. The summed E-state index contributed by atoms with van der Waals surface area (Å²) >= 11 is 0. The molecule has 4 heteroatoms. The molecule has 0 rings (SSSR count). The molecule has 0 aliphatic carbocycles. The quantitative estimate of drug-likeness (QED) is 0.205. The van der Waals surface area contributed by atoms with Crippen LogP contribution in [0.5, 0.6) is 0 Å². The Morgan fingerprint density at radius 2 is 1.00 bits per heavy atom. The van der Waals surface area contributed by atoms with Gasteiger partial charge in [0.15, 0.2) is 0 Å². The zero-order valence-electron chi connectivity index (χ0n) is 19.8. The Labute approximate surface area is 179 Å². The highest BCUT2D eigenvalue weighted by molar-refractivity contribution is 5.74. The summed E-state index contributed by atoms with van der Waals surface area (Å²) in [6.07, 6.45) is 12.6. The largest absolute Gasteiger partial charge is 0.466 e. The van der Waals surface area contributed by atoms with E-state index in [0.29, 0.717) is 13.2 Å². The van der Waals surface area contributed by atoms with E-state index < -0.39 is 5.41 Å². The van der Waals surface area contributed by atoms with E-state index in [2.05, 4.69) is 39.8 Å². The van der Waals surface area contributed by atoms with Gasteiger partial charge in [0.1, 0.15) is 0 Å². The van der Waals surface area contributed by atoms with Crippen molar-refractivity contribution in [2.45, 2.75) is 106 Å². The predicted octanol–water partition coefficient (Wildman–Crippen LogP) is 6.93. The van der Waals surface area contributed by atoms with E-state index in [1.165, 1.54) is 11.1 Å². The van der Waals surface area contributed by atoms with Crippen molar-refractivity contribution in [3.05, 3.63) is 23.3 Å². The number of esters is 2. The highest BCUT2D eigenvalue weighted by Gasteiger charge is 2.35. The Hall–Kier alpha value is -1.58. The molecule has 0 aliphatic heterocycles. The number of hydrogen-bond donors (Lipinski definition) is 0. The molecule has 0 saturated heterocycles. The fourth-order valence-electron chi connectivity index (χ4n) is 3.82. The number of carbonyl (C=O) groups excluding carboxylic acids is 2. The van der Waals surface area contributed by atoms with Gasteiger partial charge in [0.25, 0.3) is 0 Å². The molecule has 0 fully saturated rings. The van der Waals surface area contributed by atoms with Gasteiger partial charge in [-0.1, -0.05) is 51.0 Å². The van der Waals surface area contributed by atoms with Gasteiger partial charge in [0.2, 0.25) is 0 Å². The van der Waals surface area contributed by atoms with Crippen molar-refractivity contribution in [2.24, 2.45) is 5.41 Å². The van der Waals surface area contributed by atoms with Crippen LogP contribution in [0.25, 0.3) is 0 Å². The summed E-state index contributed by atoms with van der Waals surface area (Å²) < 4.78 is 10.5. The molecule has 0 heterocycles. The molecule has 0 saturated carbocycles. The molecule has 0 aromatic heterocycles. The van der Waals surface area contributed by atoms with Gasteiger partial charge in [0.05, 0.1) is 26.1 Å². The first-order valence-corrected chi connectivity index (χ1v) is 11.6. The molecular weight excluding hydrogens is 364 g/mol. The summed E-state index contributed by atoms with van der Waals surface area (Å²) in [6, 6.07) is 0. The molecule has 0 aromatic rings. The lowest BCUT2D eigenvalue weighted by atomic mass is 9.73. The van der Waals surface area contributed by atoms with E-state index in [9.17, 15) is 9.59 Å². The summed E-state index contributed by atoms with van der Waals surface area (Å²) in [4.78, 5) is 24.8. The molecule has 0 radical (unpaired) electrons. The normalized spacial score (nSPS) is 11.0.